The molecule has 1 N–H and O–H groups in total. The number of carbonyl (C=O) groups excluding carboxylic acids is 1. The van der Waals surface area contributed by atoms with E-state index < -0.39 is 0 Å². The van der Waals surface area contributed by atoms with Crippen LogP contribution in [0.4, 0.5) is 0 Å². The van der Waals surface area contributed by atoms with Gasteiger partial charge in [-0.3, -0.25) is 4.79 Å². The first-order valence-electron chi connectivity index (χ1n) is 4.56. The molecule has 1 heterocycles. The van der Waals surface area contributed by atoms with Crippen molar-refractivity contribution in [2.45, 2.75) is 26.3 Å². The van der Waals surface area contributed by atoms with Gasteiger partial charge in [-0.25, -0.2) is 0 Å². The van der Waals surface area contributed by atoms with Crippen LogP contribution in [0.2, 0.25) is 0 Å². The van der Waals surface area contributed by atoms with Crippen molar-refractivity contribution in [3.63, 3.8) is 0 Å². The molecule has 1 amide bonds. The summed E-state index contributed by atoms with van der Waals surface area (Å²) in [6.07, 6.45) is 0.803. The van der Waals surface area contributed by atoms with E-state index in [9.17, 15) is 4.79 Å². The lowest BCUT2D eigenvalue weighted by Gasteiger charge is -2.11. The quantitative estimate of drug-likeness (QED) is 0.794. The van der Waals surface area contributed by atoms with Crippen molar-refractivity contribution in [1.82, 2.24) is 5.32 Å². The van der Waals surface area contributed by atoms with Crippen molar-refractivity contribution >= 4 is 28.8 Å². The van der Waals surface area contributed by atoms with Crippen LogP contribution < -0.4 is 5.32 Å². The first-order chi connectivity index (χ1) is 6.65. The number of rotatable bonds is 4. The zero-order valence-corrected chi connectivity index (χ0v) is 9.91. The Morgan fingerprint density at radius 3 is 2.93 bits per heavy atom. The van der Waals surface area contributed by atoms with Crippen LogP contribution in [-0.4, -0.2) is 17.8 Å². The van der Waals surface area contributed by atoms with E-state index in [1.807, 2.05) is 25.3 Å². The van der Waals surface area contributed by atoms with Gasteiger partial charge in [-0.1, -0.05) is 0 Å². The van der Waals surface area contributed by atoms with Crippen molar-refractivity contribution in [3.05, 3.63) is 21.9 Å². The summed E-state index contributed by atoms with van der Waals surface area (Å²) in [6.45, 7) is 3.90. The molecule has 1 aromatic heterocycles. The molecule has 0 bridgehead atoms. The van der Waals surface area contributed by atoms with Gasteiger partial charge in [0.05, 0.1) is 4.88 Å². The van der Waals surface area contributed by atoms with Crippen molar-refractivity contribution in [2.24, 2.45) is 0 Å². The predicted molar refractivity (Wildman–Crippen MR) is 61.3 cm³/mol. The Morgan fingerprint density at radius 2 is 2.43 bits per heavy atom. The number of thiophene rings is 1. The van der Waals surface area contributed by atoms with Gasteiger partial charge < -0.3 is 5.32 Å². The minimum Gasteiger partial charge on any atom is -0.349 e. The summed E-state index contributed by atoms with van der Waals surface area (Å²) in [5, 5.41) is 4.84. The zero-order chi connectivity index (χ0) is 10.6. The van der Waals surface area contributed by atoms with Crippen molar-refractivity contribution in [2.75, 3.05) is 5.88 Å². The van der Waals surface area contributed by atoms with Gasteiger partial charge in [0.1, 0.15) is 0 Å². The highest BCUT2D eigenvalue weighted by molar-refractivity contribution is 7.12. The fourth-order valence-electron chi connectivity index (χ4n) is 1.13. The van der Waals surface area contributed by atoms with E-state index >= 15 is 0 Å². The van der Waals surface area contributed by atoms with Crippen LogP contribution in [0, 0.1) is 6.92 Å². The second-order valence-corrected chi connectivity index (χ2v) is 4.58. The summed E-state index contributed by atoms with van der Waals surface area (Å²) >= 11 is 7.06. The molecule has 0 radical (unpaired) electrons. The number of amides is 1. The number of halogens is 1. The van der Waals surface area contributed by atoms with Crippen LogP contribution >= 0.6 is 22.9 Å². The number of hydrogen-bond acceptors (Lipinski definition) is 2. The van der Waals surface area contributed by atoms with Crippen LogP contribution in [-0.2, 0) is 0 Å². The van der Waals surface area contributed by atoms with Crippen LogP contribution in [0.5, 0.6) is 0 Å². The van der Waals surface area contributed by atoms with E-state index in [0.717, 1.165) is 16.9 Å². The molecule has 2 nitrogen and oxygen atoms in total. The van der Waals surface area contributed by atoms with Crippen LogP contribution in [0.3, 0.4) is 0 Å². The highest BCUT2D eigenvalue weighted by Gasteiger charge is 2.12. The third-order valence-electron chi connectivity index (χ3n) is 1.99. The SMILES string of the molecule is Cc1ccsc1C(=O)NC(C)CCCl. The molecule has 0 spiro atoms. The standard InChI is InChI=1S/C10H14ClNOS/c1-7-4-6-14-9(7)10(13)12-8(2)3-5-11/h4,6,8H,3,5H2,1-2H3,(H,12,13). The Balaban J connectivity index is 2.55. The molecule has 0 aliphatic heterocycles. The molecule has 1 atom stereocenters. The Hall–Kier alpha value is -0.540. The summed E-state index contributed by atoms with van der Waals surface area (Å²) in [4.78, 5) is 12.5. The third-order valence-corrected chi connectivity index (χ3v) is 3.22. The third kappa shape index (κ3) is 3.00. The summed E-state index contributed by atoms with van der Waals surface area (Å²) < 4.78 is 0. The molecule has 14 heavy (non-hydrogen) atoms. The van der Waals surface area contributed by atoms with Crippen molar-refractivity contribution in [1.29, 1.82) is 0 Å². The first kappa shape index (κ1) is 11.5. The summed E-state index contributed by atoms with van der Waals surface area (Å²) in [6, 6.07) is 2.09. The van der Waals surface area contributed by atoms with Crippen LogP contribution in [0.15, 0.2) is 11.4 Å². The largest absolute Gasteiger partial charge is 0.349 e. The maximum atomic E-state index is 11.7. The van der Waals surface area contributed by atoms with Crippen molar-refractivity contribution < 1.29 is 4.79 Å². The monoisotopic (exact) mass is 231 g/mol. The van der Waals surface area contributed by atoms with Gasteiger partial charge in [0.2, 0.25) is 0 Å². The number of aryl methyl sites for hydroxylation is 1. The molecular formula is C10H14ClNOS. The molecule has 4 heteroatoms. The number of nitrogens with one attached hydrogen (secondary N) is 1. The molecule has 1 rings (SSSR count). The van der Waals surface area contributed by atoms with Gasteiger partial charge in [-0.05, 0) is 37.3 Å². The Labute approximate surface area is 93.3 Å². The van der Waals surface area contributed by atoms with Gasteiger partial charge in [0, 0.05) is 11.9 Å². The lowest BCUT2D eigenvalue weighted by Crippen LogP contribution is -2.32. The molecule has 0 aromatic carbocycles. The fourth-order valence-corrected chi connectivity index (χ4v) is 2.29. The molecule has 1 aromatic rings. The molecular weight excluding hydrogens is 218 g/mol. The van der Waals surface area contributed by atoms with Gasteiger partial charge in [-0.2, -0.15) is 0 Å². The normalized spacial score (nSPS) is 12.5. The Bertz CT molecular complexity index is 311. The predicted octanol–water partition coefficient (Wildman–Crippen LogP) is 2.80. The maximum absolute atomic E-state index is 11.7. The second-order valence-electron chi connectivity index (χ2n) is 3.28. The summed E-state index contributed by atoms with van der Waals surface area (Å²) in [7, 11) is 0. The Kier molecular flexibility index (Phi) is 4.42. The zero-order valence-electron chi connectivity index (χ0n) is 8.34. The number of hydrogen-bond donors (Lipinski definition) is 1. The molecule has 0 aliphatic carbocycles. The van der Waals surface area contributed by atoms with E-state index in [1.54, 1.807) is 0 Å². The highest BCUT2D eigenvalue weighted by Crippen LogP contribution is 2.15. The molecule has 0 fully saturated rings. The second kappa shape index (κ2) is 5.37. The molecule has 78 valence electrons. The van der Waals surface area contributed by atoms with E-state index in [0.29, 0.717) is 5.88 Å². The minimum absolute atomic E-state index is 0.00937. The highest BCUT2D eigenvalue weighted by atomic mass is 35.5. The molecule has 0 aliphatic rings. The van der Waals surface area contributed by atoms with E-state index in [1.165, 1.54) is 11.3 Å². The number of alkyl halides is 1. The Morgan fingerprint density at radius 1 is 1.71 bits per heavy atom. The van der Waals surface area contributed by atoms with Gasteiger partial charge in [-0.15, -0.1) is 22.9 Å². The summed E-state index contributed by atoms with van der Waals surface area (Å²) in [5.74, 6) is 0.584. The fraction of sp³-hybridized carbons (Fsp3) is 0.500. The number of carbonyl (C=O) groups is 1. The van der Waals surface area contributed by atoms with Crippen molar-refractivity contribution in [3.8, 4) is 0 Å². The van der Waals surface area contributed by atoms with E-state index in [2.05, 4.69) is 5.32 Å². The first-order valence-corrected chi connectivity index (χ1v) is 5.97. The molecule has 1 unspecified atom stereocenters. The minimum atomic E-state index is 0.00937. The van der Waals surface area contributed by atoms with Gasteiger partial charge in [0.15, 0.2) is 0 Å². The molecule has 0 saturated carbocycles. The molecule has 0 saturated heterocycles. The maximum Gasteiger partial charge on any atom is 0.261 e. The lowest BCUT2D eigenvalue weighted by molar-refractivity contribution is 0.0943. The van der Waals surface area contributed by atoms with Gasteiger partial charge >= 0.3 is 0 Å². The van der Waals surface area contributed by atoms with Crippen LogP contribution in [0.25, 0.3) is 0 Å². The topological polar surface area (TPSA) is 29.1 Å². The van der Waals surface area contributed by atoms with E-state index in [4.69, 9.17) is 11.6 Å². The van der Waals surface area contributed by atoms with E-state index in [-0.39, 0.29) is 11.9 Å². The lowest BCUT2D eigenvalue weighted by atomic mass is 10.2. The van der Waals surface area contributed by atoms with Gasteiger partial charge in [0.25, 0.3) is 5.91 Å². The summed E-state index contributed by atoms with van der Waals surface area (Å²) in [5.41, 5.74) is 1.03. The average molecular weight is 232 g/mol. The average Bonchev–Trinajstić information content (AvgIpc) is 2.51. The van der Waals surface area contributed by atoms with Crippen LogP contribution in [0.1, 0.15) is 28.6 Å². The smallest absolute Gasteiger partial charge is 0.261 e.